The lowest BCUT2D eigenvalue weighted by Crippen LogP contribution is -2.32. The molecule has 1 aromatic carbocycles. The average molecular weight is 396 g/mol. The Morgan fingerprint density at radius 3 is 2.29 bits per heavy atom. The molecule has 2 heterocycles. The molecule has 3 N–H and O–H groups in total. The fourth-order valence-electron chi connectivity index (χ4n) is 2.21. The van der Waals surface area contributed by atoms with Crippen molar-refractivity contribution in [2.75, 3.05) is 10.6 Å². The zero-order valence-electron chi connectivity index (χ0n) is 14.7. The highest BCUT2D eigenvalue weighted by molar-refractivity contribution is 6.35. The van der Waals surface area contributed by atoms with Gasteiger partial charge in [0.2, 0.25) is 11.6 Å². The number of carbonyl (C=O) groups is 1. The molecule has 0 unspecified atom stereocenters. The van der Waals surface area contributed by atoms with Crippen LogP contribution >= 0.6 is 11.6 Å². The van der Waals surface area contributed by atoms with Crippen LogP contribution in [0.1, 0.15) is 0 Å². The highest BCUT2D eigenvalue weighted by Gasteiger charge is 2.21. The van der Waals surface area contributed by atoms with Gasteiger partial charge in [0, 0.05) is 11.9 Å². The number of nitrogens with zero attached hydrogens (tertiary/aromatic N) is 3. The van der Waals surface area contributed by atoms with Gasteiger partial charge in [0.25, 0.3) is 0 Å². The normalized spacial score (nSPS) is 10.6. The number of hydrogen-bond acceptors (Lipinski definition) is 6. The van der Waals surface area contributed by atoms with Crippen molar-refractivity contribution in [3.05, 3.63) is 90.4 Å². The third kappa shape index (κ3) is 5.47. The molecule has 0 aliphatic heterocycles. The van der Waals surface area contributed by atoms with E-state index in [2.05, 4.69) is 20.6 Å². The standard InChI is InChI=1S/C20H16ClN5O.H2O/c21-17-18(22-12-6-2-9-15-27)24-20(26-13-7-3-8-14-26)25-19(17)23-16-10-4-1-5-11-16;/h1-15H,(H-,22,23,24,25,27);1H2. The third-order valence-electron chi connectivity index (χ3n) is 3.44. The first-order valence-electron chi connectivity index (χ1n) is 8.18. The molecular formula is C20H18ClN5O2. The SMILES string of the molecule is O=C/C=C/C=C/Nc1nc(-[n+]2ccccc2)nc(Nc2ccccc2)c1Cl.[OH-]. The molecule has 2 aromatic heterocycles. The second-order valence-corrected chi connectivity index (χ2v) is 5.71. The van der Waals surface area contributed by atoms with Crippen LogP contribution in [0.3, 0.4) is 0 Å². The van der Waals surface area contributed by atoms with E-state index in [0.29, 0.717) is 28.9 Å². The topological polar surface area (TPSA) is 101 Å². The van der Waals surface area contributed by atoms with E-state index in [9.17, 15) is 4.79 Å². The quantitative estimate of drug-likeness (QED) is 0.274. The minimum atomic E-state index is 0. The maximum Gasteiger partial charge on any atom is 0.441 e. The fraction of sp³-hybridized carbons (Fsp3) is 0. The van der Waals surface area contributed by atoms with Gasteiger partial charge in [-0.3, -0.25) is 4.79 Å². The molecule has 0 aliphatic rings. The van der Waals surface area contributed by atoms with E-state index in [1.165, 1.54) is 6.08 Å². The number of aromatic nitrogens is 3. The summed E-state index contributed by atoms with van der Waals surface area (Å²) in [5, 5.41) is 6.59. The van der Waals surface area contributed by atoms with E-state index in [1.54, 1.807) is 22.9 Å². The fourth-order valence-corrected chi connectivity index (χ4v) is 2.40. The summed E-state index contributed by atoms with van der Waals surface area (Å²) in [5.41, 5.74) is 0.859. The number of halogens is 1. The predicted molar refractivity (Wildman–Crippen MR) is 108 cm³/mol. The van der Waals surface area contributed by atoms with E-state index in [0.717, 1.165) is 5.69 Å². The highest BCUT2D eigenvalue weighted by atomic mass is 35.5. The summed E-state index contributed by atoms with van der Waals surface area (Å²) in [5.74, 6) is 1.37. The van der Waals surface area contributed by atoms with E-state index in [-0.39, 0.29) is 5.48 Å². The number of nitrogens with one attached hydrogen (secondary N) is 2. The van der Waals surface area contributed by atoms with Crippen LogP contribution in [0.5, 0.6) is 0 Å². The van der Waals surface area contributed by atoms with Gasteiger partial charge in [-0.25, -0.2) is 4.57 Å². The molecular weight excluding hydrogens is 378 g/mol. The first-order chi connectivity index (χ1) is 13.3. The molecule has 7 nitrogen and oxygen atoms in total. The smallest absolute Gasteiger partial charge is 0.441 e. The lowest BCUT2D eigenvalue weighted by molar-refractivity contribution is -0.603. The Kier molecular flexibility index (Phi) is 7.83. The summed E-state index contributed by atoms with van der Waals surface area (Å²) in [4.78, 5) is 19.3. The average Bonchev–Trinajstić information content (AvgIpc) is 2.72. The third-order valence-corrected chi connectivity index (χ3v) is 3.80. The molecule has 3 rings (SSSR count). The Hall–Kier alpha value is -3.55. The number of carbonyl (C=O) groups excluding carboxylic acids is 1. The summed E-state index contributed by atoms with van der Waals surface area (Å²) in [6, 6.07) is 15.3. The Bertz CT molecular complexity index is 963. The Labute approximate surface area is 167 Å². The van der Waals surface area contributed by atoms with Crippen molar-refractivity contribution in [2.24, 2.45) is 0 Å². The van der Waals surface area contributed by atoms with Crippen LogP contribution in [0.25, 0.3) is 5.95 Å². The number of pyridine rings is 1. The predicted octanol–water partition coefficient (Wildman–Crippen LogP) is 3.65. The monoisotopic (exact) mass is 395 g/mol. The summed E-state index contributed by atoms with van der Waals surface area (Å²) in [6.07, 6.45) is 10.7. The van der Waals surface area contributed by atoms with Crippen molar-refractivity contribution in [2.45, 2.75) is 0 Å². The molecule has 0 aliphatic carbocycles. The molecule has 0 radical (unpaired) electrons. The molecule has 8 heteroatoms. The van der Waals surface area contributed by atoms with Crippen LogP contribution in [-0.4, -0.2) is 21.7 Å². The number of rotatable bonds is 7. The largest absolute Gasteiger partial charge is 0.870 e. The summed E-state index contributed by atoms with van der Waals surface area (Å²) in [7, 11) is 0. The molecule has 0 fully saturated rings. The van der Waals surface area contributed by atoms with Gasteiger partial charge in [-0.05, 0) is 46.4 Å². The Balaban J connectivity index is 0.00000280. The molecule has 0 saturated heterocycles. The molecule has 0 saturated carbocycles. The number of para-hydroxylation sites is 1. The van der Waals surface area contributed by atoms with Gasteiger partial charge in [0.15, 0.2) is 5.02 Å². The molecule has 142 valence electrons. The van der Waals surface area contributed by atoms with Gasteiger partial charge in [-0.1, -0.05) is 41.9 Å². The van der Waals surface area contributed by atoms with Crippen molar-refractivity contribution in [1.29, 1.82) is 0 Å². The maximum atomic E-state index is 10.3. The zero-order valence-corrected chi connectivity index (χ0v) is 15.5. The summed E-state index contributed by atoms with van der Waals surface area (Å²) >= 11 is 6.49. The molecule has 0 spiro atoms. The van der Waals surface area contributed by atoms with Crippen LogP contribution in [0.2, 0.25) is 5.02 Å². The number of hydrogen-bond donors (Lipinski definition) is 2. The second kappa shape index (κ2) is 10.6. The van der Waals surface area contributed by atoms with Crippen LogP contribution in [0.4, 0.5) is 17.3 Å². The summed E-state index contributed by atoms with van der Waals surface area (Å²) in [6.45, 7) is 0. The van der Waals surface area contributed by atoms with Crippen LogP contribution < -0.4 is 15.2 Å². The van der Waals surface area contributed by atoms with Crippen molar-refractivity contribution < 1.29 is 14.8 Å². The van der Waals surface area contributed by atoms with Crippen molar-refractivity contribution in [3.63, 3.8) is 0 Å². The first kappa shape index (κ1) is 20.8. The first-order valence-corrected chi connectivity index (χ1v) is 8.55. The second-order valence-electron chi connectivity index (χ2n) is 5.33. The Morgan fingerprint density at radius 2 is 1.57 bits per heavy atom. The minimum Gasteiger partial charge on any atom is -0.870 e. The van der Waals surface area contributed by atoms with E-state index < -0.39 is 0 Å². The van der Waals surface area contributed by atoms with Crippen molar-refractivity contribution >= 4 is 35.2 Å². The van der Waals surface area contributed by atoms with Gasteiger partial charge in [-0.2, -0.15) is 0 Å². The molecule has 3 aromatic rings. The highest BCUT2D eigenvalue weighted by Crippen LogP contribution is 2.29. The van der Waals surface area contributed by atoms with Gasteiger partial charge in [0.1, 0.15) is 6.29 Å². The van der Waals surface area contributed by atoms with Gasteiger partial charge >= 0.3 is 5.95 Å². The Morgan fingerprint density at radius 1 is 0.893 bits per heavy atom. The van der Waals surface area contributed by atoms with Gasteiger partial charge < -0.3 is 16.1 Å². The van der Waals surface area contributed by atoms with Crippen LogP contribution in [0, 0.1) is 0 Å². The minimum absolute atomic E-state index is 0. The van der Waals surface area contributed by atoms with E-state index in [1.807, 2.05) is 60.9 Å². The molecule has 0 bridgehead atoms. The summed E-state index contributed by atoms with van der Waals surface area (Å²) < 4.78 is 1.79. The van der Waals surface area contributed by atoms with Gasteiger partial charge in [0.05, 0.1) is 12.4 Å². The van der Waals surface area contributed by atoms with Crippen LogP contribution in [0.15, 0.2) is 85.4 Å². The van der Waals surface area contributed by atoms with Gasteiger partial charge in [-0.15, -0.1) is 0 Å². The maximum absolute atomic E-state index is 10.3. The number of anilines is 3. The molecule has 0 amide bonds. The molecule has 0 atom stereocenters. The number of allylic oxidation sites excluding steroid dienone is 3. The lowest BCUT2D eigenvalue weighted by Gasteiger charge is -2.07. The zero-order chi connectivity index (χ0) is 18.9. The van der Waals surface area contributed by atoms with E-state index >= 15 is 0 Å². The lowest BCUT2D eigenvalue weighted by atomic mass is 10.3. The van der Waals surface area contributed by atoms with Crippen molar-refractivity contribution in [3.8, 4) is 5.95 Å². The number of aldehydes is 1. The van der Waals surface area contributed by atoms with Crippen molar-refractivity contribution in [1.82, 2.24) is 9.97 Å². The van der Waals surface area contributed by atoms with E-state index in [4.69, 9.17) is 11.6 Å². The molecule has 28 heavy (non-hydrogen) atoms. The number of benzene rings is 1. The van der Waals surface area contributed by atoms with Crippen LogP contribution in [-0.2, 0) is 4.79 Å².